The van der Waals surface area contributed by atoms with Crippen LogP contribution in [0.1, 0.15) is 0 Å². The van der Waals surface area contributed by atoms with Crippen molar-refractivity contribution in [1.29, 1.82) is 0 Å². The van der Waals surface area contributed by atoms with Crippen LogP contribution >= 0.6 is 12.4 Å². The third-order valence-electron chi connectivity index (χ3n) is 0.365. The minimum Gasteiger partial charge on any atom is -0.384 e. The van der Waals surface area contributed by atoms with Gasteiger partial charge in [0, 0.05) is 14.1 Å². The van der Waals surface area contributed by atoms with E-state index in [0.717, 1.165) is 0 Å². The van der Waals surface area contributed by atoms with Crippen molar-refractivity contribution in [3.8, 4) is 0 Å². The van der Waals surface area contributed by atoms with Gasteiger partial charge in [0.1, 0.15) is 0 Å². The summed E-state index contributed by atoms with van der Waals surface area (Å²) in [6.45, 7) is 3.49. The maximum absolute atomic E-state index is 3.49. The molecule has 0 bridgehead atoms. The number of nitrogens with zero attached hydrogens (tertiary/aromatic N) is 1. The molecule has 0 aliphatic rings. The Morgan fingerprint density at radius 3 is 1.67 bits per heavy atom. The standard InChI is InChI=1S/C4H9N.ClH/c1-4-5(2)3;/h4H,1H2,2-3H3;1H. The Balaban J connectivity index is 0. The summed E-state index contributed by atoms with van der Waals surface area (Å²) in [6.07, 6.45) is 1.75. The van der Waals surface area contributed by atoms with Crippen LogP contribution in [0.3, 0.4) is 0 Å². The maximum atomic E-state index is 3.49. The quantitative estimate of drug-likeness (QED) is 0.485. The van der Waals surface area contributed by atoms with Crippen LogP contribution in [0.25, 0.3) is 0 Å². The topological polar surface area (TPSA) is 3.24 Å². The fraction of sp³-hybridized carbons (Fsp3) is 0.500. The predicted octanol–water partition coefficient (Wildman–Crippen LogP) is 1.11. The van der Waals surface area contributed by atoms with Crippen LogP contribution in [0.5, 0.6) is 0 Å². The van der Waals surface area contributed by atoms with Crippen LogP contribution in [-0.2, 0) is 0 Å². The zero-order chi connectivity index (χ0) is 4.28. The molecule has 0 aromatic heterocycles. The van der Waals surface area contributed by atoms with Gasteiger partial charge in [-0.2, -0.15) is 0 Å². The van der Waals surface area contributed by atoms with Gasteiger partial charge in [0.15, 0.2) is 0 Å². The minimum absolute atomic E-state index is 0. The first-order valence-electron chi connectivity index (χ1n) is 1.56. The molecule has 0 fully saturated rings. The molecule has 0 saturated carbocycles. The summed E-state index contributed by atoms with van der Waals surface area (Å²) in [7, 11) is 3.88. The Bertz CT molecular complexity index is 34.5. The van der Waals surface area contributed by atoms with Crippen molar-refractivity contribution in [3.05, 3.63) is 12.8 Å². The smallest absolute Gasteiger partial charge is 0.00554 e. The molecule has 0 radical (unpaired) electrons. The maximum Gasteiger partial charge on any atom is 0.00554 e. The molecule has 0 aliphatic heterocycles. The highest BCUT2D eigenvalue weighted by Crippen LogP contribution is 1.64. The summed E-state index contributed by atoms with van der Waals surface area (Å²) in [6, 6.07) is 0. The van der Waals surface area contributed by atoms with Gasteiger partial charge in [-0.05, 0) is 6.20 Å². The largest absolute Gasteiger partial charge is 0.384 e. The third-order valence-corrected chi connectivity index (χ3v) is 0.365. The molecule has 0 aromatic rings. The summed E-state index contributed by atoms with van der Waals surface area (Å²) in [5.41, 5.74) is 0. The lowest BCUT2D eigenvalue weighted by molar-refractivity contribution is 0.566. The lowest BCUT2D eigenvalue weighted by Crippen LogP contribution is -1.97. The molecule has 0 aliphatic carbocycles. The van der Waals surface area contributed by atoms with E-state index in [0.29, 0.717) is 0 Å². The molecule has 6 heavy (non-hydrogen) atoms. The number of rotatable bonds is 1. The van der Waals surface area contributed by atoms with Gasteiger partial charge in [-0.15, -0.1) is 12.4 Å². The van der Waals surface area contributed by atoms with E-state index in [4.69, 9.17) is 0 Å². The molecule has 0 atom stereocenters. The first-order chi connectivity index (χ1) is 2.27. The summed E-state index contributed by atoms with van der Waals surface area (Å²) >= 11 is 0. The van der Waals surface area contributed by atoms with Crippen molar-refractivity contribution in [3.63, 3.8) is 0 Å². The Labute approximate surface area is 45.1 Å². The Kier molecular flexibility index (Phi) is 7.46. The lowest BCUT2D eigenvalue weighted by atomic mass is 10.9. The van der Waals surface area contributed by atoms with Crippen LogP contribution in [-0.4, -0.2) is 19.0 Å². The molecule has 0 rings (SSSR count). The summed E-state index contributed by atoms with van der Waals surface area (Å²) in [5, 5.41) is 0. The molecule has 0 amide bonds. The third kappa shape index (κ3) is 9.16. The zero-order valence-corrected chi connectivity index (χ0v) is 4.96. The van der Waals surface area contributed by atoms with E-state index in [-0.39, 0.29) is 12.4 Å². The molecule has 1 nitrogen and oxygen atoms in total. The summed E-state index contributed by atoms with van der Waals surface area (Å²) in [4.78, 5) is 1.89. The molecule has 38 valence electrons. The molecule has 2 heteroatoms. The van der Waals surface area contributed by atoms with E-state index < -0.39 is 0 Å². The van der Waals surface area contributed by atoms with E-state index >= 15 is 0 Å². The van der Waals surface area contributed by atoms with Crippen molar-refractivity contribution >= 4 is 12.4 Å². The van der Waals surface area contributed by atoms with E-state index in [1.54, 1.807) is 6.20 Å². The van der Waals surface area contributed by atoms with Gasteiger partial charge < -0.3 is 4.90 Å². The first-order valence-corrected chi connectivity index (χ1v) is 1.56. The van der Waals surface area contributed by atoms with Gasteiger partial charge in [0.25, 0.3) is 0 Å². The van der Waals surface area contributed by atoms with E-state index in [1.165, 1.54) is 0 Å². The van der Waals surface area contributed by atoms with Gasteiger partial charge >= 0.3 is 0 Å². The molecule has 0 spiro atoms. The Morgan fingerprint density at radius 1 is 1.50 bits per heavy atom. The van der Waals surface area contributed by atoms with Crippen molar-refractivity contribution < 1.29 is 0 Å². The van der Waals surface area contributed by atoms with Crippen molar-refractivity contribution in [1.82, 2.24) is 4.90 Å². The fourth-order valence-corrected chi connectivity index (χ4v) is 0. The normalized spacial score (nSPS) is 5.67. The average molecular weight is 108 g/mol. The van der Waals surface area contributed by atoms with E-state index in [1.807, 2.05) is 19.0 Å². The molecular formula is C4H10ClN. The highest BCUT2D eigenvalue weighted by Gasteiger charge is 1.61. The van der Waals surface area contributed by atoms with Gasteiger partial charge in [-0.1, -0.05) is 6.58 Å². The number of hydrogen-bond donors (Lipinski definition) is 0. The average Bonchev–Trinajstić information content (AvgIpc) is 1.38. The lowest BCUT2D eigenvalue weighted by Gasteiger charge is -1.98. The van der Waals surface area contributed by atoms with Crippen molar-refractivity contribution in [2.75, 3.05) is 14.1 Å². The van der Waals surface area contributed by atoms with Crippen LogP contribution in [0.2, 0.25) is 0 Å². The second-order valence-corrected chi connectivity index (χ2v) is 1.15. The molecule has 0 saturated heterocycles. The molecule has 0 unspecified atom stereocenters. The summed E-state index contributed by atoms with van der Waals surface area (Å²) < 4.78 is 0. The molecular weight excluding hydrogens is 97.5 g/mol. The van der Waals surface area contributed by atoms with Crippen LogP contribution in [0, 0.1) is 0 Å². The second-order valence-electron chi connectivity index (χ2n) is 1.15. The van der Waals surface area contributed by atoms with Gasteiger partial charge in [-0.25, -0.2) is 0 Å². The van der Waals surface area contributed by atoms with Gasteiger partial charge in [-0.3, -0.25) is 0 Å². The zero-order valence-electron chi connectivity index (χ0n) is 4.14. The second kappa shape index (κ2) is 4.83. The summed E-state index contributed by atoms with van der Waals surface area (Å²) in [5.74, 6) is 0. The molecule has 0 N–H and O–H groups in total. The van der Waals surface area contributed by atoms with Gasteiger partial charge in [0.05, 0.1) is 0 Å². The highest BCUT2D eigenvalue weighted by molar-refractivity contribution is 5.85. The minimum atomic E-state index is 0. The first kappa shape index (κ1) is 9.27. The van der Waals surface area contributed by atoms with E-state index in [9.17, 15) is 0 Å². The molecule has 0 aromatic carbocycles. The van der Waals surface area contributed by atoms with Gasteiger partial charge in [0.2, 0.25) is 0 Å². The Morgan fingerprint density at radius 2 is 1.67 bits per heavy atom. The monoisotopic (exact) mass is 107 g/mol. The highest BCUT2D eigenvalue weighted by atomic mass is 35.5. The van der Waals surface area contributed by atoms with Crippen molar-refractivity contribution in [2.45, 2.75) is 0 Å². The predicted molar refractivity (Wildman–Crippen MR) is 31.1 cm³/mol. The fourth-order valence-electron chi connectivity index (χ4n) is 0. The number of halogens is 1. The van der Waals surface area contributed by atoms with Crippen LogP contribution in [0.4, 0.5) is 0 Å². The SMILES string of the molecule is C=CN(C)C.Cl. The molecule has 0 heterocycles. The Hall–Kier alpha value is -0.170. The van der Waals surface area contributed by atoms with E-state index in [2.05, 4.69) is 6.58 Å². The number of hydrogen-bond acceptors (Lipinski definition) is 1. The van der Waals surface area contributed by atoms with Crippen molar-refractivity contribution in [2.24, 2.45) is 0 Å². The van der Waals surface area contributed by atoms with Crippen LogP contribution in [0.15, 0.2) is 12.8 Å². The van der Waals surface area contributed by atoms with Crippen LogP contribution < -0.4 is 0 Å².